The highest BCUT2D eigenvalue weighted by Crippen LogP contribution is 2.19. The second kappa shape index (κ2) is 7.88. The van der Waals surface area contributed by atoms with Crippen LogP contribution in [0.25, 0.3) is 0 Å². The van der Waals surface area contributed by atoms with Crippen molar-refractivity contribution >= 4 is 43.7 Å². The summed E-state index contributed by atoms with van der Waals surface area (Å²) in [6.07, 6.45) is 0.455. The van der Waals surface area contributed by atoms with Crippen LogP contribution in [0.2, 0.25) is 0 Å². The predicted molar refractivity (Wildman–Crippen MR) is 85.9 cm³/mol. The number of nitrogens with one attached hydrogen (secondary N) is 2. The lowest BCUT2D eigenvalue weighted by molar-refractivity contribution is -0.114. The average molecular weight is 377 g/mol. The van der Waals surface area contributed by atoms with Gasteiger partial charge in [0, 0.05) is 32.4 Å². The van der Waals surface area contributed by atoms with Crippen LogP contribution >= 0.6 is 22.7 Å². The molecule has 0 bridgehead atoms. The zero-order chi connectivity index (χ0) is 16.9. The molecule has 23 heavy (non-hydrogen) atoms. The molecule has 0 aliphatic rings. The Balaban J connectivity index is 1.90. The summed E-state index contributed by atoms with van der Waals surface area (Å²) in [5.74, 6) is -0.339. The minimum absolute atomic E-state index is 0.140. The number of hydrogen-bond donors (Lipinski definition) is 2. The Hall–Kier alpha value is -1.47. The molecule has 2 aromatic heterocycles. The van der Waals surface area contributed by atoms with Crippen molar-refractivity contribution in [3.8, 4) is 0 Å². The number of hydrogen-bond acceptors (Lipinski definition) is 9. The summed E-state index contributed by atoms with van der Waals surface area (Å²) >= 11 is 2.25. The lowest BCUT2D eigenvalue weighted by atomic mass is 10.3. The van der Waals surface area contributed by atoms with E-state index in [4.69, 9.17) is 4.74 Å². The second-order valence-corrected chi connectivity index (χ2v) is 8.23. The molecule has 2 heterocycles. The highest BCUT2D eigenvalue weighted by molar-refractivity contribution is 7.91. The number of amides is 1. The van der Waals surface area contributed by atoms with Gasteiger partial charge in [0.05, 0.1) is 12.3 Å². The Labute approximate surface area is 141 Å². The summed E-state index contributed by atoms with van der Waals surface area (Å²) in [5, 5.41) is 12.4. The largest absolute Gasteiger partial charge is 0.378 e. The molecule has 0 aromatic carbocycles. The first kappa shape index (κ1) is 17.9. The van der Waals surface area contributed by atoms with Gasteiger partial charge in [0.1, 0.15) is 5.01 Å². The molecule has 0 spiro atoms. The van der Waals surface area contributed by atoms with Crippen LogP contribution in [0.1, 0.15) is 17.6 Å². The normalized spacial score (nSPS) is 11.6. The third-order valence-corrected chi connectivity index (χ3v) is 6.00. The van der Waals surface area contributed by atoms with Gasteiger partial charge >= 0.3 is 0 Å². The van der Waals surface area contributed by atoms with Gasteiger partial charge in [0.2, 0.25) is 15.4 Å². The molecule has 2 N–H and O–H groups in total. The van der Waals surface area contributed by atoms with E-state index in [2.05, 4.69) is 25.2 Å². The van der Waals surface area contributed by atoms with Crippen molar-refractivity contribution in [3.05, 3.63) is 16.1 Å². The molecule has 126 valence electrons. The lowest BCUT2D eigenvalue weighted by Gasteiger charge is -2.01. The van der Waals surface area contributed by atoms with Gasteiger partial charge in [-0.1, -0.05) is 11.3 Å². The molecule has 0 saturated heterocycles. The molecule has 0 fully saturated rings. The molecule has 0 saturated carbocycles. The summed E-state index contributed by atoms with van der Waals surface area (Å²) in [5.41, 5.74) is 0.793. The van der Waals surface area contributed by atoms with Gasteiger partial charge < -0.3 is 10.1 Å². The minimum atomic E-state index is -3.75. The van der Waals surface area contributed by atoms with Gasteiger partial charge in [-0.15, -0.1) is 21.5 Å². The number of carbonyl (C=O) groups excluding carboxylic acids is 1. The van der Waals surface area contributed by atoms with Crippen LogP contribution in [0.5, 0.6) is 0 Å². The summed E-state index contributed by atoms with van der Waals surface area (Å²) in [6.45, 7) is 1.93. The Morgan fingerprint density at radius 1 is 1.39 bits per heavy atom. The monoisotopic (exact) mass is 377 g/mol. The molecule has 12 heteroatoms. The van der Waals surface area contributed by atoms with Crippen LogP contribution in [-0.4, -0.2) is 43.2 Å². The fourth-order valence-corrected chi connectivity index (χ4v) is 4.37. The number of ether oxygens (including phenoxy) is 1. The number of rotatable bonds is 8. The highest BCUT2D eigenvalue weighted by atomic mass is 32.2. The molecule has 2 aromatic rings. The van der Waals surface area contributed by atoms with Crippen LogP contribution in [0.3, 0.4) is 0 Å². The minimum Gasteiger partial charge on any atom is -0.378 e. The van der Waals surface area contributed by atoms with E-state index in [-0.39, 0.29) is 21.9 Å². The van der Waals surface area contributed by atoms with Crippen LogP contribution < -0.4 is 10.0 Å². The number of thiazole rings is 1. The molecule has 0 unspecified atom stereocenters. The van der Waals surface area contributed by atoms with Gasteiger partial charge in [0.15, 0.2) is 0 Å². The van der Waals surface area contributed by atoms with E-state index >= 15 is 0 Å². The van der Waals surface area contributed by atoms with Crippen molar-refractivity contribution < 1.29 is 17.9 Å². The molecule has 2 rings (SSSR count). The molecule has 1 amide bonds. The first-order valence-electron chi connectivity index (χ1n) is 6.43. The van der Waals surface area contributed by atoms with Crippen molar-refractivity contribution in [2.75, 3.05) is 19.0 Å². The van der Waals surface area contributed by atoms with Gasteiger partial charge in [-0.2, -0.15) is 0 Å². The molecule has 0 atom stereocenters. The number of nitrogens with zero attached hydrogens (tertiary/aromatic N) is 3. The third-order valence-electron chi connectivity index (χ3n) is 2.46. The predicted octanol–water partition coefficient (Wildman–Crippen LogP) is 0.620. The Morgan fingerprint density at radius 2 is 2.17 bits per heavy atom. The standard InChI is InChI=1S/C11H15N5O4S3/c1-7(17)13-10-15-16-11(22-10)23(18,19)12-4-3-8-6-21-9(14-8)5-20-2/h6,12H,3-5H2,1-2H3,(H,13,15,17). The Morgan fingerprint density at radius 3 is 2.87 bits per heavy atom. The maximum Gasteiger partial charge on any atom is 0.269 e. The Bertz CT molecular complexity index is 770. The summed E-state index contributed by atoms with van der Waals surface area (Å²) in [6, 6.07) is 0. The van der Waals surface area contributed by atoms with Crippen molar-refractivity contribution in [3.63, 3.8) is 0 Å². The molecule has 0 aliphatic carbocycles. The van der Waals surface area contributed by atoms with E-state index in [9.17, 15) is 13.2 Å². The molecule has 0 aliphatic heterocycles. The maximum absolute atomic E-state index is 12.1. The van der Waals surface area contributed by atoms with Gasteiger partial charge in [-0.25, -0.2) is 18.1 Å². The first-order chi connectivity index (χ1) is 10.9. The SMILES string of the molecule is COCc1nc(CCNS(=O)(=O)c2nnc(NC(C)=O)s2)cs1. The maximum atomic E-state index is 12.1. The molecule has 9 nitrogen and oxygen atoms in total. The van der Waals surface area contributed by atoms with E-state index in [1.54, 1.807) is 7.11 Å². The number of anilines is 1. The third kappa shape index (κ3) is 5.28. The van der Waals surface area contributed by atoms with E-state index in [1.807, 2.05) is 5.38 Å². The topological polar surface area (TPSA) is 123 Å². The van der Waals surface area contributed by atoms with Crippen molar-refractivity contribution in [1.82, 2.24) is 19.9 Å². The van der Waals surface area contributed by atoms with Crippen LogP contribution in [0.15, 0.2) is 9.72 Å². The van der Waals surface area contributed by atoms with E-state index in [0.717, 1.165) is 22.0 Å². The van der Waals surface area contributed by atoms with Crippen LogP contribution in [-0.2, 0) is 32.6 Å². The first-order valence-corrected chi connectivity index (χ1v) is 9.61. The number of sulfonamides is 1. The fourth-order valence-electron chi connectivity index (χ4n) is 1.55. The van der Waals surface area contributed by atoms with Crippen LogP contribution in [0, 0.1) is 0 Å². The number of methoxy groups -OCH3 is 1. The number of carbonyl (C=O) groups is 1. The van der Waals surface area contributed by atoms with Crippen LogP contribution in [0.4, 0.5) is 5.13 Å². The zero-order valence-corrected chi connectivity index (χ0v) is 14.8. The lowest BCUT2D eigenvalue weighted by Crippen LogP contribution is -2.26. The molecular formula is C11H15N5O4S3. The fraction of sp³-hybridized carbons (Fsp3) is 0.455. The highest BCUT2D eigenvalue weighted by Gasteiger charge is 2.20. The van der Waals surface area contributed by atoms with E-state index in [0.29, 0.717) is 13.0 Å². The Kier molecular flexibility index (Phi) is 6.12. The van der Waals surface area contributed by atoms with Gasteiger partial charge in [-0.05, 0) is 0 Å². The van der Waals surface area contributed by atoms with Crippen molar-refractivity contribution in [1.29, 1.82) is 0 Å². The zero-order valence-electron chi connectivity index (χ0n) is 12.4. The second-order valence-electron chi connectivity index (χ2n) is 4.37. The molecule has 0 radical (unpaired) electrons. The van der Waals surface area contributed by atoms with Gasteiger partial charge in [0.25, 0.3) is 10.0 Å². The van der Waals surface area contributed by atoms with E-state index in [1.165, 1.54) is 18.3 Å². The van der Waals surface area contributed by atoms with Gasteiger partial charge in [-0.3, -0.25) is 4.79 Å². The summed E-state index contributed by atoms with van der Waals surface area (Å²) in [4.78, 5) is 15.2. The average Bonchev–Trinajstić information content (AvgIpc) is 3.08. The summed E-state index contributed by atoms with van der Waals surface area (Å²) in [7, 11) is -2.16. The smallest absolute Gasteiger partial charge is 0.269 e. The number of aromatic nitrogens is 3. The molecular weight excluding hydrogens is 362 g/mol. The van der Waals surface area contributed by atoms with Crippen molar-refractivity contribution in [2.24, 2.45) is 0 Å². The summed E-state index contributed by atoms with van der Waals surface area (Å²) < 4.78 is 31.4. The van der Waals surface area contributed by atoms with E-state index < -0.39 is 10.0 Å². The van der Waals surface area contributed by atoms with Crippen molar-refractivity contribution in [2.45, 2.75) is 24.3 Å². The quantitative estimate of drug-likeness (QED) is 0.646.